The summed E-state index contributed by atoms with van der Waals surface area (Å²) in [6, 6.07) is 4.57. The summed E-state index contributed by atoms with van der Waals surface area (Å²) in [5, 5.41) is 0. The van der Waals surface area contributed by atoms with Crippen LogP contribution in [0.3, 0.4) is 0 Å². The number of benzene rings is 1. The van der Waals surface area contributed by atoms with Gasteiger partial charge in [-0.2, -0.15) is 4.37 Å². The summed E-state index contributed by atoms with van der Waals surface area (Å²) >= 11 is 7.65. The normalized spacial score (nSPS) is 10.5. The summed E-state index contributed by atoms with van der Waals surface area (Å²) in [5.41, 5.74) is 0.666. The molecule has 0 aliphatic carbocycles. The van der Waals surface area contributed by atoms with Crippen molar-refractivity contribution in [3.63, 3.8) is 0 Å². The van der Waals surface area contributed by atoms with Gasteiger partial charge in [0.05, 0.1) is 0 Å². The molecular formula is C8H3Br2FN2S. The molecule has 2 nitrogen and oxygen atoms in total. The van der Waals surface area contributed by atoms with Crippen molar-refractivity contribution in [2.45, 2.75) is 0 Å². The smallest absolute Gasteiger partial charge is 0.179 e. The van der Waals surface area contributed by atoms with Gasteiger partial charge in [0, 0.05) is 10.0 Å². The molecule has 0 amide bonds. The Morgan fingerprint density at radius 3 is 2.57 bits per heavy atom. The number of hydrogen-bond donors (Lipinski definition) is 0. The fraction of sp³-hybridized carbons (Fsp3) is 0. The van der Waals surface area contributed by atoms with Crippen molar-refractivity contribution in [3.05, 3.63) is 32.4 Å². The molecule has 0 saturated carbocycles. The third kappa shape index (κ3) is 2.18. The monoisotopic (exact) mass is 336 g/mol. The Morgan fingerprint density at radius 1 is 1.21 bits per heavy atom. The summed E-state index contributed by atoms with van der Waals surface area (Å²) in [6.45, 7) is 0. The number of aromatic nitrogens is 2. The predicted octanol–water partition coefficient (Wildman–Crippen LogP) is 3.87. The molecule has 0 spiro atoms. The lowest BCUT2D eigenvalue weighted by Crippen LogP contribution is -1.83. The summed E-state index contributed by atoms with van der Waals surface area (Å²) in [7, 11) is 0. The van der Waals surface area contributed by atoms with Crippen LogP contribution in [0.15, 0.2) is 26.6 Å². The Bertz CT molecular complexity index is 452. The highest BCUT2D eigenvalue weighted by Crippen LogP contribution is 2.25. The lowest BCUT2D eigenvalue weighted by molar-refractivity contribution is 0.627. The topological polar surface area (TPSA) is 25.8 Å². The maximum Gasteiger partial charge on any atom is 0.179 e. The van der Waals surface area contributed by atoms with Crippen molar-refractivity contribution in [2.75, 3.05) is 0 Å². The second-order valence-electron chi connectivity index (χ2n) is 2.53. The molecule has 1 aromatic carbocycles. The van der Waals surface area contributed by atoms with E-state index in [1.807, 2.05) is 0 Å². The molecule has 0 N–H and O–H groups in total. The van der Waals surface area contributed by atoms with Gasteiger partial charge in [-0.3, -0.25) is 0 Å². The molecule has 72 valence electrons. The van der Waals surface area contributed by atoms with E-state index in [1.54, 1.807) is 6.07 Å². The van der Waals surface area contributed by atoms with Crippen molar-refractivity contribution >= 4 is 43.4 Å². The molecule has 6 heteroatoms. The average Bonchev–Trinajstić information content (AvgIpc) is 2.50. The SMILES string of the molecule is Fc1cc(Br)cc(-c2nsc(Br)n2)c1. The maximum atomic E-state index is 13.0. The number of halogens is 3. The number of hydrogen-bond acceptors (Lipinski definition) is 3. The minimum atomic E-state index is -0.305. The van der Waals surface area contributed by atoms with Crippen molar-refractivity contribution in [2.24, 2.45) is 0 Å². The van der Waals surface area contributed by atoms with Crippen LogP contribution < -0.4 is 0 Å². The summed E-state index contributed by atoms with van der Waals surface area (Å²) in [6.07, 6.45) is 0. The van der Waals surface area contributed by atoms with Gasteiger partial charge in [0.25, 0.3) is 0 Å². The quantitative estimate of drug-likeness (QED) is 0.789. The molecule has 0 unspecified atom stereocenters. The lowest BCUT2D eigenvalue weighted by Gasteiger charge is -1.96. The third-order valence-corrected chi connectivity index (χ3v) is 3.10. The van der Waals surface area contributed by atoms with Crippen LogP contribution in [-0.4, -0.2) is 9.36 Å². The molecule has 0 aliphatic heterocycles. The molecule has 1 aromatic heterocycles. The largest absolute Gasteiger partial charge is 0.208 e. The fourth-order valence-corrected chi connectivity index (χ4v) is 2.29. The molecule has 0 aliphatic rings. The Balaban J connectivity index is 2.51. The van der Waals surface area contributed by atoms with E-state index in [2.05, 4.69) is 41.2 Å². The van der Waals surface area contributed by atoms with Gasteiger partial charge in [0.2, 0.25) is 0 Å². The minimum Gasteiger partial charge on any atom is -0.208 e. The molecule has 2 rings (SSSR count). The molecule has 0 fully saturated rings. The van der Waals surface area contributed by atoms with Crippen LogP contribution in [0.2, 0.25) is 0 Å². The van der Waals surface area contributed by atoms with Gasteiger partial charge >= 0.3 is 0 Å². The first-order valence-corrected chi connectivity index (χ1v) is 5.97. The van der Waals surface area contributed by atoms with Gasteiger partial charge in [0.1, 0.15) is 5.82 Å². The van der Waals surface area contributed by atoms with E-state index in [1.165, 1.54) is 23.7 Å². The van der Waals surface area contributed by atoms with Crippen LogP contribution in [0.4, 0.5) is 4.39 Å². The first-order valence-electron chi connectivity index (χ1n) is 3.61. The molecule has 0 saturated heterocycles. The molecule has 1 heterocycles. The molecule has 0 bridgehead atoms. The number of rotatable bonds is 1. The second kappa shape index (κ2) is 4.04. The van der Waals surface area contributed by atoms with E-state index in [4.69, 9.17) is 0 Å². The minimum absolute atomic E-state index is 0.305. The Labute approximate surface area is 101 Å². The van der Waals surface area contributed by atoms with Crippen molar-refractivity contribution in [3.8, 4) is 11.4 Å². The Kier molecular flexibility index (Phi) is 2.94. The van der Waals surface area contributed by atoms with E-state index in [0.29, 0.717) is 19.8 Å². The zero-order chi connectivity index (χ0) is 10.1. The van der Waals surface area contributed by atoms with E-state index >= 15 is 0 Å². The van der Waals surface area contributed by atoms with Crippen LogP contribution in [0.25, 0.3) is 11.4 Å². The van der Waals surface area contributed by atoms with Crippen molar-refractivity contribution in [1.82, 2.24) is 9.36 Å². The predicted molar refractivity (Wildman–Crippen MR) is 60.7 cm³/mol. The molecular weight excluding hydrogens is 335 g/mol. The van der Waals surface area contributed by atoms with Crippen LogP contribution in [0, 0.1) is 5.82 Å². The van der Waals surface area contributed by atoms with Crippen molar-refractivity contribution in [1.29, 1.82) is 0 Å². The van der Waals surface area contributed by atoms with Crippen LogP contribution >= 0.6 is 43.4 Å². The molecule has 0 radical (unpaired) electrons. The Morgan fingerprint density at radius 2 is 2.00 bits per heavy atom. The average molecular weight is 338 g/mol. The highest BCUT2D eigenvalue weighted by atomic mass is 79.9. The van der Waals surface area contributed by atoms with Gasteiger partial charge < -0.3 is 0 Å². The highest BCUT2D eigenvalue weighted by molar-refractivity contribution is 9.11. The molecule has 0 atom stereocenters. The highest BCUT2D eigenvalue weighted by Gasteiger charge is 2.06. The third-order valence-electron chi connectivity index (χ3n) is 1.52. The summed E-state index contributed by atoms with van der Waals surface area (Å²) in [4.78, 5) is 4.10. The van der Waals surface area contributed by atoms with Crippen LogP contribution in [-0.2, 0) is 0 Å². The maximum absolute atomic E-state index is 13.0. The summed E-state index contributed by atoms with van der Waals surface area (Å²) in [5.74, 6) is 0.224. The van der Waals surface area contributed by atoms with Gasteiger partial charge in [-0.15, -0.1) is 0 Å². The first kappa shape index (κ1) is 10.2. The number of nitrogens with zero attached hydrogens (tertiary/aromatic N) is 2. The first-order chi connectivity index (χ1) is 6.65. The van der Waals surface area contributed by atoms with E-state index in [-0.39, 0.29) is 5.82 Å². The molecule has 14 heavy (non-hydrogen) atoms. The zero-order valence-electron chi connectivity index (χ0n) is 6.67. The summed E-state index contributed by atoms with van der Waals surface area (Å²) < 4.78 is 18.5. The standard InChI is InChI=1S/C8H3Br2FN2S/c9-5-1-4(2-6(11)3-5)7-12-8(10)14-13-7/h1-3H. The van der Waals surface area contributed by atoms with Crippen LogP contribution in [0.1, 0.15) is 0 Å². The van der Waals surface area contributed by atoms with Gasteiger partial charge in [-0.25, -0.2) is 9.37 Å². The second-order valence-corrected chi connectivity index (χ2v) is 5.47. The van der Waals surface area contributed by atoms with Gasteiger partial charge in [-0.05, 0) is 45.7 Å². The van der Waals surface area contributed by atoms with Gasteiger partial charge in [-0.1, -0.05) is 15.9 Å². The van der Waals surface area contributed by atoms with E-state index in [0.717, 1.165) is 0 Å². The van der Waals surface area contributed by atoms with Gasteiger partial charge in [0.15, 0.2) is 9.74 Å². The van der Waals surface area contributed by atoms with Crippen molar-refractivity contribution < 1.29 is 4.39 Å². The lowest BCUT2D eigenvalue weighted by atomic mass is 10.2. The zero-order valence-corrected chi connectivity index (χ0v) is 10.7. The fourth-order valence-electron chi connectivity index (χ4n) is 1.01. The Hall–Kier alpha value is -0.330. The van der Waals surface area contributed by atoms with E-state index in [9.17, 15) is 4.39 Å². The van der Waals surface area contributed by atoms with E-state index < -0.39 is 0 Å². The molecule has 2 aromatic rings. The van der Waals surface area contributed by atoms with Crippen LogP contribution in [0.5, 0.6) is 0 Å².